The van der Waals surface area contributed by atoms with E-state index in [1.807, 2.05) is 30.3 Å². The highest BCUT2D eigenvalue weighted by atomic mass is 19.1. The number of imide groups is 1. The molecule has 12 rings (SSSR count). The highest BCUT2D eigenvalue weighted by molar-refractivity contribution is 6.06. The molecule has 0 saturated carbocycles. The van der Waals surface area contributed by atoms with Crippen LogP contribution in [0.1, 0.15) is 79.8 Å². The highest BCUT2D eigenvalue weighted by Crippen LogP contribution is 2.44. The SMILES string of the molecule is CCc1cccc2cc(O)cc(-c3ncc4c(N5CC6CCC(C5)N6)nc(OC[C@]56CCCN5[C@@H](COC(=O)N5CCN(c7cccc8c7CN(C7CCC(=O)N(C)C7=O)C8=O)CC5)CC6)nc4c3F)c12. The number of nitrogens with zero attached hydrogens (tertiary/aromatic N) is 9. The average Bonchev–Trinajstić information content (AvgIpc) is 4.15. The first kappa shape index (κ1) is 45.5. The zero-order valence-corrected chi connectivity index (χ0v) is 40.2. The van der Waals surface area contributed by atoms with Crippen LogP contribution in [0.15, 0.2) is 54.7 Å². The summed E-state index contributed by atoms with van der Waals surface area (Å²) < 4.78 is 30.0. The summed E-state index contributed by atoms with van der Waals surface area (Å²) in [5.41, 5.74) is 3.79. The smallest absolute Gasteiger partial charge is 0.409 e. The van der Waals surface area contributed by atoms with Crippen molar-refractivity contribution in [2.75, 3.05) is 75.9 Å². The van der Waals surface area contributed by atoms with Crippen LogP contribution in [0.25, 0.3) is 32.9 Å². The van der Waals surface area contributed by atoms with Crippen molar-refractivity contribution in [2.45, 2.75) is 101 Å². The molecule has 7 aliphatic rings. The second-order valence-corrected chi connectivity index (χ2v) is 20.6. The third kappa shape index (κ3) is 7.84. The fourth-order valence-electron chi connectivity index (χ4n) is 12.9. The number of hydrogen-bond donors (Lipinski definition) is 2. The molecule has 3 unspecified atom stereocenters. The molecule has 2 bridgehead atoms. The fourth-order valence-corrected chi connectivity index (χ4v) is 12.9. The maximum atomic E-state index is 17.3. The zero-order chi connectivity index (χ0) is 48.7. The number of likely N-dealkylation sites (tertiary alicyclic amines) is 1. The summed E-state index contributed by atoms with van der Waals surface area (Å²) >= 11 is 0. The van der Waals surface area contributed by atoms with Gasteiger partial charge in [-0.15, -0.1) is 0 Å². The van der Waals surface area contributed by atoms with Crippen molar-refractivity contribution in [3.63, 3.8) is 0 Å². The molecule has 5 aromatic rings. The molecular formula is C53H59FN10O7. The normalized spacial score (nSPS) is 25.5. The van der Waals surface area contributed by atoms with E-state index in [9.17, 15) is 24.3 Å². The second kappa shape index (κ2) is 17.9. The van der Waals surface area contributed by atoms with Crippen molar-refractivity contribution in [1.82, 2.24) is 39.9 Å². The molecule has 2 N–H and O–H groups in total. The summed E-state index contributed by atoms with van der Waals surface area (Å²) in [5, 5.41) is 16.6. The van der Waals surface area contributed by atoms with E-state index in [0.29, 0.717) is 80.2 Å². The van der Waals surface area contributed by atoms with Crippen LogP contribution in [-0.4, -0.2) is 159 Å². The van der Waals surface area contributed by atoms with Gasteiger partial charge in [0.2, 0.25) is 5.91 Å². The van der Waals surface area contributed by atoms with Crippen LogP contribution in [0.3, 0.4) is 0 Å². The Hall–Kier alpha value is -6.66. The van der Waals surface area contributed by atoms with Crippen LogP contribution in [0.2, 0.25) is 0 Å². The van der Waals surface area contributed by atoms with Gasteiger partial charge in [0.15, 0.2) is 5.82 Å². The maximum Gasteiger partial charge on any atom is 0.409 e. The number of amides is 4. The van der Waals surface area contributed by atoms with Crippen LogP contribution in [-0.2, 0) is 27.3 Å². The lowest BCUT2D eigenvalue weighted by atomic mass is 9.95. The van der Waals surface area contributed by atoms with Gasteiger partial charge in [-0.2, -0.15) is 9.97 Å². The molecule has 2 aromatic heterocycles. The Labute approximate surface area is 410 Å². The molecule has 0 aliphatic carbocycles. The van der Waals surface area contributed by atoms with Gasteiger partial charge in [-0.05, 0) is 98.5 Å². The first-order chi connectivity index (χ1) is 34.5. The van der Waals surface area contributed by atoms with Crippen molar-refractivity contribution >= 4 is 57.0 Å². The van der Waals surface area contributed by atoms with Crippen molar-refractivity contribution in [2.24, 2.45) is 0 Å². The standard InChI is InChI=1S/C53H59FN10O7/c1-3-31-7-4-8-32-23-36(65)24-38(44(31)32)46-45(54)47-39(25-55-46)48(62-26-33-11-12-34(27-62)56-33)58-51(57-47)71-30-53-16-6-18-64(53)35(15-17-53)29-70-52(69)61-21-19-60(20-22-61)41-10-5-9-37-40(41)28-63(49(37)67)42-13-14-43(66)59(2)50(42)68/h4-5,7-10,23-25,33-35,42,56,65H,3,6,11-22,26-30H2,1-2H3/t33?,34?,35-,42?,53-/m1/s1. The van der Waals surface area contributed by atoms with Gasteiger partial charge in [0, 0.05) is 106 Å². The fraction of sp³-hybridized carbons (Fsp3) is 0.491. The minimum atomic E-state index is -0.674. The first-order valence-electron chi connectivity index (χ1n) is 25.4. The third-order valence-corrected chi connectivity index (χ3v) is 16.6. The molecule has 9 heterocycles. The summed E-state index contributed by atoms with van der Waals surface area (Å²) in [5.74, 6) is -0.748. The predicted octanol–water partition coefficient (Wildman–Crippen LogP) is 5.63. The molecule has 0 radical (unpaired) electrons. The van der Waals surface area contributed by atoms with Crippen molar-refractivity contribution < 1.29 is 38.1 Å². The quantitative estimate of drug-likeness (QED) is 0.165. The molecule has 17 nitrogen and oxygen atoms in total. The molecule has 7 aliphatic heterocycles. The number of phenolic OH excluding ortho intramolecular Hbond substituents is 1. The number of aromatic hydroxyl groups is 1. The van der Waals surface area contributed by atoms with Gasteiger partial charge in [-0.1, -0.05) is 31.2 Å². The number of benzene rings is 3. The van der Waals surface area contributed by atoms with Gasteiger partial charge in [0.1, 0.15) is 42.0 Å². The number of piperazine rings is 2. The van der Waals surface area contributed by atoms with E-state index in [4.69, 9.17) is 24.4 Å². The maximum absolute atomic E-state index is 17.3. The molecule has 6 fully saturated rings. The van der Waals surface area contributed by atoms with Crippen molar-refractivity contribution in [3.8, 4) is 23.0 Å². The Kier molecular flexibility index (Phi) is 11.5. The Balaban J connectivity index is 0.726. The molecule has 4 amide bonds. The van der Waals surface area contributed by atoms with Gasteiger partial charge in [0.05, 0.1) is 10.9 Å². The highest BCUT2D eigenvalue weighted by Gasteiger charge is 2.50. The molecule has 6 saturated heterocycles. The monoisotopic (exact) mass is 966 g/mol. The molecule has 18 heteroatoms. The van der Waals surface area contributed by atoms with E-state index in [0.717, 1.165) is 97.1 Å². The molecule has 370 valence electrons. The van der Waals surface area contributed by atoms with Crippen LogP contribution in [0.4, 0.5) is 20.7 Å². The summed E-state index contributed by atoms with van der Waals surface area (Å²) in [6, 6.07) is 14.8. The molecular weight excluding hydrogens is 908 g/mol. The van der Waals surface area contributed by atoms with Crippen LogP contribution >= 0.6 is 0 Å². The van der Waals surface area contributed by atoms with Gasteiger partial charge < -0.3 is 39.5 Å². The number of piperidine rings is 1. The lowest BCUT2D eigenvalue weighted by molar-refractivity contribution is -0.150. The van der Waals surface area contributed by atoms with Gasteiger partial charge in [-0.25, -0.2) is 9.18 Å². The minimum Gasteiger partial charge on any atom is -0.508 e. The number of phenols is 1. The number of fused-ring (bicyclic) bond motifs is 6. The molecule has 0 spiro atoms. The Bertz CT molecular complexity index is 2990. The number of nitrogens with one attached hydrogen (secondary N) is 1. The second-order valence-electron chi connectivity index (χ2n) is 20.6. The third-order valence-electron chi connectivity index (χ3n) is 16.6. The predicted molar refractivity (Wildman–Crippen MR) is 263 cm³/mol. The number of aromatic nitrogens is 3. The minimum absolute atomic E-state index is 0.00768. The Morgan fingerprint density at radius 1 is 0.930 bits per heavy atom. The summed E-state index contributed by atoms with van der Waals surface area (Å²) in [7, 11) is 1.47. The number of ether oxygens (including phenoxy) is 2. The van der Waals surface area contributed by atoms with Crippen LogP contribution < -0.4 is 19.9 Å². The van der Waals surface area contributed by atoms with Gasteiger partial charge in [0.25, 0.3) is 11.8 Å². The van der Waals surface area contributed by atoms with E-state index < -0.39 is 11.9 Å². The Morgan fingerprint density at radius 3 is 2.54 bits per heavy atom. The van der Waals surface area contributed by atoms with E-state index >= 15 is 4.39 Å². The lowest BCUT2D eigenvalue weighted by Gasteiger charge is -2.37. The van der Waals surface area contributed by atoms with E-state index in [-0.39, 0.29) is 71.4 Å². The number of carbonyl (C=O) groups is 4. The topological polar surface area (TPSA) is 177 Å². The molecule has 5 atom stereocenters. The number of aryl methyl sites for hydroxylation is 1. The number of rotatable bonds is 10. The van der Waals surface area contributed by atoms with Gasteiger partial charge >= 0.3 is 12.1 Å². The molecule has 71 heavy (non-hydrogen) atoms. The first-order valence-corrected chi connectivity index (χ1v) is 25.4. The van der Waals surface area contributed by atoms with Crippen molar-refractivity contribution in [1.29, 1.82) is 0 Å². The Morgan fingerprint density at radius 2 is 1.73 bits per heavy atom. The number of carbonyl (C=O) groups excluding carboxylic acids is 4. The average molecular weight is 967 g/mol. The number of likely N-dealkylation sites (N-methyl/N-ethyl adjacent to an activating group) is 1. The largest absolute Gasteiger partial charge is 0.508 e. The van der Waals surface area contributed by atoms with E-state index in [2.05, 4.69) is 26.9 Å². The lowest BCUT2D eigenvalue weighted by Crippen LogP contribution is -2.53. The summed E-state index contributed by atoms with van der Waals surface area (Å²) in [6.07, 6.45) is 8.22. The van der Waals surface area contributed by atoms with E-state index in [1.165, 1.54) is 7.05 Å². The molecule has 3 aromatic carbocycles. The van der Waals surface area contributed by atoms with Crippen molar-refractivity contribution in [3.05, 3.63) is 77.2 Å². The van der Waals surface area contributed by atoms with Gasteiger partial charge in [-0.3, -0.25) is 29.2 Å². The number of halogens is 1. The number of pyridine rings is 1. The van der Waals surface area contributed by atoms with Crippen LogP contribution in [0, 0.1) is 5.82 Å². The van der Waals surface area contributed by atoms with Crippen LogP contribution in [0.5, 0.6) is 11.8 Å². The number of anilines is 2. The summed E-state index contributed by atoms with van der Waals surface area (Å²) in [4.78, 5) is 78.2. The zero-order valence-electron chi connectivity index (χ0n) is 40.2. The summed E-state index contributed by atoms with van der Waals surface area (Å²) in [6.45, 7) is 7.18. The van der Waals surface area contributed by atoms with E-state index in [1.54, 1.807) is 34.2 Å². The number of hydrogen-bond acceptors (Lipinski definition) is 14.